The quantitative estimate of drug-likeness (QED) is 0.0186. The van der Waals surface area contributed by atoms with Crippen LogP contribution in [0.1, 0.15) is 175 Å². The maximum Gasteiger partial charge on any atom is 0.345 e. The van der Waals surface area contributed by atoms with Gasteiger partial charge < -0.3 is 55.1 Å². The number of hydrogen-bond donors (Lipinski definition) is 8. The van der Waals surface area contributed by atoms with E-state index >= 15 is 0 Å². The monoisotopic (exact) mass is 1270 g/mol. The van der Waals surface area contributed by atoms with Gasteiger partial charge in [0.05, 0.1) is 20.8 Å². The molecule has 0 atom stereocenters. The molecular formula is C75H110O16. The summed E-state index contributed by atoms with van der Waals surface area (Å²) in [6.45, 7) is 4.28. The number of benzene rings is 5. The molecule has 0 bridgehead atoms. The van der Waals surface area contributed by atoms with Crippen LogP contribution >= 0.6 is 0 Å². The highest BCUT2D eigenvalue weighted by atomic mass is 16.5. The molecule has 5 aromatic rings. The second-order valence-electron chi connectivity index (χ2n) is 17.4. The van der Waals surface area contributed by atoms with Crippen LogP contribution in [-0.2, 0) is 20.6 Å². The van der Waals surface area contributed by atoms with E-state index in [4.69, 9.17) is 36.7 Å². The lowest BCUT2D eigenvalue weighted by Crippen LogP contribution is -2.04. The van der Waals surface area contributed by atoms with Gasteiger partial charge in [0, 0.05) is 75.3 Å². The SMILES string of the molecule is C#CC#CC#CC#CC#CC#CC#CC#CC#CC#CC#CC#Cc1ccc(O)c(C(=O)O)c1.CCCCCCCCCCCCc1ccc(O)c(C(=O)O)c1.CCOC(=O)c1ccccc1O.COC(=O)c1c(O)cccc1O.COC(=O)c1ccccc1O.[HH].[HH].[HH].[HH].[HH].[HH].[HH].[HH].[HH].[HH].[HH].[HH].[HH].[HH].[HH].[HH].[HH].[HH].[HH].[HH].[HH].[HH].[HH].[HH]. The van der Waals surface area contributed by atoms with Crippen molar-refractivity contribution in [2.45, 2.75) is 84.5 Å². The molecule has 5 aromatic carbocycles. The molecule has 0 unspecified atom stereocenters. The predicted octanol–water partition coefficient (Wildman–Crippen LogP) is 16.2. The van der Waals surface area contributed by atoms with E-state index in [2.05, 4.69) is 153 Å². The highest BCUT2D eigenvalue weighted by Gasteiger charge is 2.16. The van der Waals surface area contributed by atoms with Gasteiger partial charge in [-0.15, -0.1) is 6.42 Å². The number of aromatic hydroxyl groups is 6. The number of carboxylic acids is 2. The van der Waals surface area contributed by atoms with Crippen molar-refractivity contribution in [2.24, 2.45) is 0 Å². The Kier molecular flexibility index (Phi) is 40.3. The van der Waals surface area contributed by atoms with Gasteiger partial charge in [-0.05, 0) is 187 Å². The lowest BCUT2D eigenvalue weighted by Gasteiger charge is -2.05. The van der Waals surface area contributed by atoms with Crippen molar-refractivity contribution in [3.63, 3.8) is 0 Å². The summed E-state index contributed by atoms with van der Waals surface area (Å²) in [4.78, 5) is 54.7. The van der Waals surface area contributed by atoms with E-state index in [0.29, 0.717) is 12.2 Å². The Hall–Kier alpha value is -13.0. The summed E-state index contributed by atoms with van der Waals surface area (Å²) in [5, 5.41) is 73.4. The second kappa shape index (κ2) is 48.2. The molecule has 0 aliphatic heterocycles. The van der Waals surface area contributed by atoms with Crippen LogP contribution in [0.5, 0.6) is 34.5 Å². The van der Waals surface area contributed by atoms with E-state index in [0.717, 1.165) is 18.4 Å². The van der Waals surface area contributed by atoms with E-state index in [-0.39, 0.29) is 96.6 Å². The number of aryl methyl sites for hydroxylation is 1. The van der Waals surface area contributed by atoms with Gasteiger partial charge in [-0.25, -0.2) is 24.0 Å². The molecule has 0 aliphatic rings. The Bertz CT molecular complexity index is 4170. The molecule has 0 saturated carbocycles. The highest BCUT2D eigenvalue weighted by molar-refractivity contribution is 5.95. The molecule has 8 N–H and O–H groups in total. The molecular weight excluding hydrogens is 1160 g/mol. The largest absolute Gasteiger partial charge is 0.507 e. The number of hydrogen-bond acceptors (Lipinski definition) is 14. The Balaban J connectivity index is -0.0000000412. The van der Waals surface area contributed by atoms with Crippen molar-refractivity contribution in [3.05, 3.63) is 142 Å². The number of phenols is 6. The minimum absolute atomic E-state index is 0. The third-order valence-electron chi connectivity index (χ3n) is 11.0. The van der Waals surface area contributed by atoms with E-state index in [9.17, 15) is 39.3 Å². The normalized spacial score (nSPS) is 8.34. The summed E-state index contributed by atoms with van der Waals surface area (Å²) < 4.78 is 13.5. The fourth-order valence-electron chi connectivity index (χ4n) is 6.70. The van der Waals surface area contributed by atoms with Gasteiger partial charge in [-0.2, -0.15) is 0 Å². The number of phenolic OH excluding ortho intramolecular Hbond substituents is 4. The van der Waals surface area contributed by atoms with Crippen molar-refractivity contribution < 1.29 is 113 Å². The average Bonchev–Trinajstić information content (AvgIpc) is 0.862. The number of rotatable bonds is 17. The summed E-state index contributed by atoms with van der Waals surface area (Å²) in [6, 6.07) is 25.4. The number of unbranched alkanes of at least 4 members (excludes halogenated alkanes) is 9. The van der Waals surface area contributed by atoms with Gasteiger partial charge in [0.25, 0.3) is 0 Å². The predicted molar refractivity (Wildman–Crippen MR) is 395 cm³/mol. The lowest BCUT2D eigenvalue weighted by molar-refractivity contribution is 0.0520. The first-order valence-electron chi connectivity index (χ1n) is 27.5. The maximum absolute atomic E-state index is 11.1. The van der Waals surface area contributed by atoms with Crippen LogP contribution in [0.2, 0.25) is 0 Å². The number of terminal acetylenes is 1. The third kappa shape index (κ3) is 34.5. The van der Waals surface area contributed by atoms with E-state index in [1.807, 2.05) is 6.07 Å². The number of carboxylic acid groups (broad SMARTS) is 2. The van der Waals surface area contributed by atoms with E-state index in [1.165, 1.54) is 139 Å². The molecule has 0 heterocycles. The number of esters is 3. The summed E-state index contributed by atoms with van der Waals surface area (Å²) in [5.41, 5.74) is 1.35. The number of para-hydroxylation sites is 2. The van der Waals surface area contributed by atoms with Gasteiger partial charge in [-0.1, -0.05) is 107 Å². The summed E-state index contributed by atoms with van der Waals surface area (Å²) in [5.74, 6) is 51.1. The third-order valence-corrected chi connectivity index (χ3v) is 11.0. The molecule has 16 nitrogen and oxygen atoms in total. The van der Waals surface area contributed by atoms with Crippen molar-refractivity contribution in [3.8, 4) is 177 Å². The van der Waals surface area contributed by atoms with E-state index < -0.39 is 29.8 Å². The Morgan fingerprint density at radius 1 is 0.396 bits per heavy atom. The van der Waals surface area contributed by atoms with Crippen LogP contribution in [-0.4, -0.2) is 91.5 Å². The van der Waals surface area contributed by atoms with Crippen LogP contribution in [0.25, 0.3) is 0 Å². The van der Waals surface area contributed by atoms with Crippen molar-refractivity contribution >= 4 is 29.8 Å². The maximum atomic E-state index is 11.1. The highest BCUT2D eigenvalue weighted by Crippen LogP contribution is 2.27. The first kappa shape index (κ1) is 76.0. The van der Waals surface area contributed by atoms with Crippen LogP contribution in [0.15, 0.2) is 103 Å². The van der Waals surface area contributed by atoms with E-state index in [1.54, 1.807) is 37.3 Å². The van der Waals surface area contributed by atoms with Gasteiger partial charge in [0.1, 0.15) is 62.3 Å². The average molecular weight is 1270 g/mol. The molecule has 0 fully saturated rings. The first-order valence-corrected chi connectivity index (χ1v) is 27.5. The second-order valence-corrected chi connectivity index (χ2v) is 17.4. The minimum Gasteiger partial charge on any atom is -0.507 e. The van der Waals surface area contributed by atoms with Gasteiger partial charge in [0.15, 0.2) is 0 Å². The van der Waals surface area contributed by atoms with Gasteiger partial charge in [-0.3, -0.25) is 0 Å². The Labute approximate surface area is 566 Å². The number of carbonyl (C=O) groups is 5. The molecule has 16 heteroatoms. The molecule has 0 saturated heterocycles. The van der Waals surface area contributed by atoms with Gasteiger partial charge >= 0.3 is 29.8 Å². The molecule has 5 rings (SSSR count). The Morgan fingerprint density at radius 3 is 1.16 bits per heavy atom. The molecule has 91 heavy (non-hydrogen) atoms. The number of ether oxygens (including phenoxy) is 3. The van der Waals surface area contributed by atoms with Crippen LogP contribution < -0.4 is 0 Å². The molecule has 0 aromatic heterocycles. The minimum atomic E-state index is -1.25. The molecule has 0 radical (unpaired) electrons. The molecule has 506 valence electrons. The standard InChI is InChI=1S/C31H6O3.C19H30O3.C9H10O3.C8H8O4.C8H8O3.24H2/c1-2-3-4-5-6-7-8-9-10-11-12-13-14-15-16-17-18-19-20-21-22-23-24-28-25-26-30(32)29(27-28)31(33)34;1-2-3-4-5-6-7-8-9-10-11-12-16-13-14-18(20)17(15-16)19(21)22;1-2-12-9(11)7-5-3-4-6-8(7)10;1-12-8(11)7-5(9)3-2-4-6(7)10;1-11-8(10)6-4-2-3-5-7(6)9;;;;;;;;;;;;;;;;;;;;;;;;/h1,25-27,32H,(H,33,34);13-15,20H,2-12H2,1H3,(H,21,22);3-6,10H,2H2,1H3;2-4,9-10H,1H3;2-5,9H,1H3;24*1H. The number of carbonyl (C=O) groups excluding carboxylic acids is 3. The summed E-state index contributed by atoms with van der Waals surface area (Å²) in [6.07, 6.45) is 18.8. The number of aromatic carboxylic acids is 2. The van der Waals surface area contributed by atoms with Gasteiger partial charge in [0.2, 0.25) is 0 Å². The number of methoxy groups -OCH3 is 2. The zero-order valence-corrected chi connectivity index (χ0v) is 50.2. The van der Waals surface area contributed by atoms with Crippen LogP contribution in [0, 0.1) is 143 Å². The zero-order valence-electron chi connectivity index (χ0n) is 50.2. The van der Waals surface area contributed by atoms with Crippen LogP contribution in [0.3, 0.4) is 0 Å². The fourth-order valence-corrected chi connectivity index (χ4v) is 6.70. The molecule has 0 spiro atoms. The van der Waals surface area contributed by atoms with Crippen molar-refractivity contribution in [1.29, 1.82) is 0 Å². The summed E-state index contributed by atoms with van der Waals surface area (Å²) >= 11 is 0. The molecule has 0 amide bonds. The van der Waals surface area contributed by atoms with Crippen molar-refractivity contribution in [1.82, 2.24) is 0 Å². The topological polar surface area (TPSA) is 275 Å². The van der Waals surface area contributed by atoms with Crippen LogP contribution in [0.4, 0.5) is 0 Å². The Morgan fingerprint density at radius 2 is 0.758 bits per heavy atom. The van der Waals surface area contributed by atoms with Crippen molar-refractivity contribution in [2.75, 3.05) is 20.8 Å². The fraction of sp³-hybridized carbons (Fsp3) is 0.213. The zero-order chi connectivity index (χ0) is 67.3. The lowest BCUT2D eigenvalue weighted by atomic mass is 10.0. The molecule has 0 aliphatic carbocycles. The summed E-state index contributed by atoms with van der Waals surface area (Å²) in [7, 11) is 2.45. The first-order chi connectivity index (χ1) is 44.0. The smallest absolute Gasteiger partial charge is 0.345 e.